The third-order valence-corrected chi connectivity index (χ3v) is 6.15. The second-order valence-corrected chi connectivity index (χ2v) is 10.9. The summed E-state index contributed by atoms with van der Waals surface area (Å²) in [5.74, 6) is 0. The summed E-state index contributed by atoms with van der Waals surface area (Å²) in [5, 5.41) is 10.0. The summed E-state index contributed by atoms with van der Waals surface area (Å²) in [6, 6.07) is -0.821. The van der Waals surface area contributed by atoms with E-state index < -0.39 is 20.0 Å². The number of hydrogen-bond acceptors (Lipinski definition) is 6. The molecule has 0 saturated carbocycles. The highest BCUT2D eigenvalue weighted by Gasteiger charge is 2.18. The summed E-state index contributed by atoms with van der Waals surface area (Å²) in [7, 11) is 1.41. The van der Waals surface area contributed by atoms with Crippen molar-refractivity contribution in [1.82, 2.24) is 0 Å². The predicted molar refractivity (Wildman–Crippen MR) is 127 cm³/mol. The van der Waals surface area contributed by atoms with Gasteiger partial charge in [-0.1, -0.05) is 83.3 Å². The van der Waals surface area contributed by atoms with Gasteiger partial charge in [-0.3, -0.25) is 4.57 Å². The molecule has 0 aromatic rings. The third kappa shape index (κ3) is 21.3. The van der Waals surface area contributed by atoms with Gasteiger partial charge in [0, 0.05) is 0 Å². The Hall–Kier alpha value is -0.270. The minimum absolute atomic E-state index is 0.0426. The average Bonchev–Trinajstić information content (AvgIpc) is 2.68. The molecule has 186 valence electrons. The lowest BCUT2D eigenvalue weighted by Crippen LogP contribution is -2.39. The van der Waals surface area contributed by atoms with Crippen LogP contribution in [0.3, 0.4) is 0 Å². The van der Waals surface area contributed by atoms with Crippen molar-refractivity contribution in [2.45, 2.75) is 96.1 Å². The lowest BCUT2D eigenvalue weighted by atomic mass is 10.0. The molecular formula is C23H49N2O5P. The zero-order valence-corrected chi connectivity index (χ0v) is 21.4. The lowest BCUT2D eigenvalue weighted by molar-refractivity contribution is -0.870. The Morgan fingerprint density at radius 3 is 2.00 bits per heavy atom. The van der Waals surface area contributed by atoms with Gasteiger partial charge in [0.2, 0.25) is 0 Å². The Morgan fingerprint density at radius 1 is 0.968 bits per heavy atom. The smallest absolute Gasteiger partial charge is 0.268 e. The Labute approximate surface area is 191 Å². The van der Waals surface area contributed by atoms with E-state index in [4.69, 9.17) is 14.8 Å². The Balaban J connectivity index is 3.74. The molecule has 0 spiro atoms. The molecule has 0 amide bonds. The molecule has 8 heteroatoms. The summed E-state index contributed by atoms with van der Waals surface area (Å²) in [4.78, 5) is 11.8. The van der Waals surface area contributed by atoms with Gasteiger partial charge >= 0.3 is 0 Å². The fraction of sp³-hybridized carbons (Fsp3) is 0.913. The molecule has 0 bridgehead atoms. The first-order valence-corrected chi connectivity index (χ1v) is 13.5. The molecule has 0 fully saturated rings. The number of phosphoric acid groups is 1. The lowest BCUT2D eigenvalue weighted by Gasteiger charge is -2.28. The highest BCUT2D eigenvalue weighted by Crippen LogP contribution is 2.38. The van der Waals surface area contributed by atoms with Crippen LogP contribution in [-0.2, 0) is 13.6 Å². The van der Waals surface area contributed by atoms with Crippen molar-refractivity contribution in [1.29, 1.82) is 0 Å². The maximum atomic E-state index is 11.8. The van der Waals surface area contributed by atoms with Crippen molar-refractivity contribution in [3.8, 4) is 0 Å². The number of unbranched alkanes of at least 4 members (excludes halogenated alkanes) is 11. The molecule has 7 nitrogen and oxygen atoms in total. The molecule has 0 aliphatic rings. The normalized spacial score (nSPS) is 16.5. The molecule has 3 atom stereocenters. The molecule has 31 heavy (non-hydrogen) atoms. The number of aliphatic hydroxyl groups is 1. The van der Waals surface area contributed by atoms with E-state index in [1.54, 1.807) is 6.08 Å². The van der Waals surface area contributed by atoms with E-state index in [-0.39, 0.29) is 13.2 Å². The molecule has 0 saturated heterocycles. The number of aliphatic hydroxyl groups excluding tert-OH is 1. The molecule has 3 N–H and O–H groups in total. The minimum atomic E-state index is -4.41. The van der Waals surface area contributed by atoms with E-state index in [1.807, 2.05) is 27.2 Å². The van der Waals surface area contributed by atoms with Crippen molar-refractivity contribution in [3.63, 3.8) is 0 Å². The predicted octanol–water partition coefficient (Wildman–Crippen LogP) is 4.14. The fourth-order valence-electron chi connectivity index (χ4n) is 3.04. The van der Waals surface area contributed by atoms with E-state index in [0.29, 0.717) is 11.0 Å². The molecule has 0 aliphatic carbocycles. The van der Waals surface area contributed by atoms with Gasteiger partial charge in [0.1, 0.15) is 13.2 Å². The summed E-state index contributed by atoms with van der Waals surface area (Å²) in [6.07, 6.45) is 17.8. The molecule has 0 heterocycles. The van der Waals surface area contributed by atoms with Gasteiger partial charge in [-0.05, 0) is 12.8 Å². The molecule has 2 unspecified atom stereocenters. The maximum absolute atomic E-state index is 11.8. The third-order valence-electron chi connectivity index (χ3n) is 5.18. The SMILES string of the molecule is CCCCCCCCCCCCC/C=C/C(O)[C@@H](N)COP(=O)([O-])OCC[N+](C)(C)C. The van der Waals surface area contributed by atoms with Crippen LogP contribution in [0.25, 0.3) is 0 Å². The van der Waals surface area contributed by atoms with Crippen molar-refractivity contribution in [2.75, 3.05) is 40.9 Å². The highest BCUT2D eigenvalue weighted by atomic mass is 31.2. The van der Waals surface area contributed by atoms with E-state index in [1.165, 1.54) is 64.2 Å². The summed E-state index contributed by atoms with van der Waals surface area (Å²) in [5.41, 5.74) is 5.82. The summed E-state index contributed by atoms with van der Waals surface area (Å²) < 4.78 is 22.0. The van der Waals surface area contributed by atoms with Gasteiger partial charge in [0.15, 0.2) is 0 Å². The average molecular weight is 465 g/mol. The standard InChI is InChI=1S/C23H49N2O5P/c1-5-6-7-8-9-10-11-12-13-14-15-16-17-18-23(26)22(24)21-30-31(27,28)29-20-19-25(2,3)4/h17-18,22-23,26H,5-16,19-21,24H2,1-4H3/b18-17+/t22-,23?/m0/s1. The van der Waals surface area contributed by atoms with E-state index in [0.717, 1.165) is 12.8 Å². The number of quaternary nitrogens is 1. The van der Waals surface area contributed by atoms with Crippen LogP contribution in [0.4, 0.5) is 0 Å². The van der Waals surface area contributed by atoms with Gasteiger partial charge in [-0.25, -0.2) is 0 Å². The summed E-state index contributed by atoms with van der Waals surface area (Å²) >= 11 is 0. The summed E-state index contributed by atoms with van der Waals surface area (Å²) in [6.45, 7) is 2.51. The monoisotopic (exact) mass is 464 g/mol. The highest BCUT2D eigenvalue weighted by molar-refractivity contribution is 7.45. The van der Waals surface area contributed by atoms with E-state index in [9.17, 15) is 14.6 Å². The number of phosphoric ester groups is 1. The van der Waals surface area contributed by atoms with Crippen LogP contribution in [0.1, 0.15) is 84.0 Å². The molecule has 0 aromatic heterocycles. The number of nitrogens with zero attached hydrogens (tertiary/aromatic N) is 1. The minimum Gasteiger partial charge on any atom is -0.756 e. The Morgan fingerprint density at radius 2 is 1.48 bits per heavy atom. The first-order valence-electron chi connectivity index (χ1n) is 12.1. The van der Waals surface area contributed by atoms with Crippen molar-refractivity contribution in [2.24, 2.45) is 5.73 Å². The quantitative estimate of drug-likeness (QED) is 0.114. The van der Waals surface area contributed by atoms with Crippen LogP contribution in [0, 0.1) is 0 Å². The van der Waals surface area contributed by atoms with Crippen LogP contribution in [0.5, 0.6) is 0 Å². The molecular weight excluding hydrogens is 415 g/mol. The van der Waals surface area contributed by atoms with Crippen molar-refractivity contribution in [3.05, 3.63) is 12.2 Å². The van der Waals surface area contributed by atoms with Crippen LogP contribution < -0.4 is 10.6 Å². The van der Waals surface area contributed by atoms with Crippen LogP contribution in [0.2, 0.25) is 0 Å². The van der Waals surface area contributed by atoms with Gasteiger partial charge < -0.3 is 29.3 Å². The Kier molecular flexibility index (Phi) is 18.0. The van der Waals surface area contributed by atoms with E-state index >= 15 is 0 Å². The van der Waals surface area contributed by atoms with Crippen LogP contribution in [0.15, 0.2) is 12.2 Å². The topological polar surface area (TPSA) is 105 Å². The maximum Gasteiger partial charge on any atom is 0.268 e. The first kappa shape index (κ1) is 30.7. The largest absolute Gasteiger partial charge is 0.756 e. The van der Waals surface area contributed by atoms with Gasteiger partial charge in [0.05, 0.1) is 39.9 Å². The van der Waals surface area contributed by atoms with Crippen LogP contribution in [-0.4, -0.2) is 62.6 Å². The van der Waals surface area contributed by atoms with E-state index in [2.05, 4.69) is 6.92 Å². The zero-order valence-electron chi connectivity index (χ0n) is 20.5. The zero-order chi connectivity index (χ0) is 23.6. The second-order valence-electron chi connectivity index (χ2n) is 9.50. The number of hydrogen-bond donors (Lipinski definition) is 2. The number of rotatable bonds is 21. The van der Waals surface area contributed by atoms with Gasteiger partial charge in [-0.2, -0.15) is 0 Å². The van der Waals surface area contributed by atoms with Crippen molar-refractivity contribution >= 4 is 7.82 Å². The number of likely N-dealkylation sites (N-methyl/N-ethyl adjacent to an activating group) is 1. The first-order chi connectivity index (χ1) is 14.6. The number of nitrogens with two attached hydrogens (primary N) is 1. The van der Waals surface area contributed by atoms with Crippen molar-refractivity contribution < 1.29 is 28.1 Å². The van der Waals surface area contributed by atoms with Gasteiger partial charge in [0.25, 0.3) is 7.82 Å². The molecule has 0 aromatic carbocycles. The van der Waals surface area contributed by atoms with Crippen LogP contribution >= 0.6 is 7.82 Å². The Bertz CT molecular complexity index is 497. The molecule has 0 rings (SSSR count). The molecule has 0 aliphatic heterocycles. The van der Waals surface area contributed by atoms with Gasteiger partial charge in [-0.15, -0.1) is 0 Å². The fourth-order valence-corrected chi connectivity index (χ4v) is 3.78. The number of allylic oxidation sites excluding steroid dienone is 1. The second kappa shape index (κ2) is 18.2. The molecule has 0 radical (unpaired) electrons.